The fourth-order valence-corrected chi connectivity index (χ4v) is 3.51. The van der Waals surface area contributed by atoms with Crippen LogP contribution in [0.2, 0.25) is 0 Å². The van der Waals surface area contributed by atoms with Gasteiger partial charge in [0, 0.05) is 30.7 Å². The van der Waals surface area contributed by atoms with Gasteiger partial charge >= 0.3 is 0 Å². The molecule has 0 saturated carbocycles. The number of amides is 3. The lowest BCUT2D eigenvalue weighted by molar-refractivity contribution is -0.119. The standard InChI is InChI=1S/C23H20N4O4/c1-13-4-9-17-18(12-13)23(31)27(22(17)30)14(2)21(29)25-16-7-5-15(6-8-16)19(28)20-24-10-11-26(20)3/h4-12,14H,1-3H3,(H,25,29)/t14-/m0/s1. The number of ketones is 1. The van der Waals surface area contributed by atoms with E-state index in [2.05, 4.69) is 10.3 Å². The van der Waals surface area contributed by atoms with Crippen LogP contribution < -0.4 is 5.32 Å². The molecule has 0 bridgehead atoms. The average molecular weight is 416 g/mol. The maximum absolute atomic E-state index is 12.7. The number of hydrogen-bond acceptors (Lipinski definition) is 5. The van der Waals surface area contributed by atoms with Crippen LogP contribution in [0.1, 0.15) is 49.4 Å². The molecule has 1 aromatic heterocycles. The molecule has 0 radical (unpaired) electrons. The van der Waals surface area contributed by atoms with Crippen molar-refractivity contribution < 1.29 is 19.2 Å². The zero-order chi connectivity index (χ0) is 22.3. The van der Waals surface area contributed by atoms with Crippen LogP contribution in [0.3, 0.4) is 0 Å². The van der Waals surface area contributed by atoms with Crippen molar-refractivity contribution in [1.82, 2.24) is 14.5 Å². The lowest BCUT2D eigenvalue weighted by Gasteiger charge is -2.21. The van der Waals surface area contributed by atoms with E-state index in [1.54, 1.807) is 66.5 Å². The van der Waals surface area contributed by atoms with E-state index in [4.69, 9.17) is 0 Å². The molecule has 156 valence electrons. The molecule has 2 aromatic carbocycles. The highest BCUT2D eigenvalue weighted by Gasteiger charge is 2.40. The van der Waals surface area contributed by atoms with Gasteiger partial charge in [0.2, 0.25) is 11.7 Å². The number of imide groups is 1. The minimum Gasteiger partial charge on any atom is -0.331 e. The molecule has 31 heavy (non-hydrogen) atoms. The third-order valence-corrected chi connectivity index (χ3v) is 5.28. The Hall–Kier alpha value is -4.07. The van der Waals surface area contributed by atoms with Crippen molar-refractivity contribution in [1.29, 1.82) is 0 Å². The fraction of sp³-hybridized carbons (Fsp3) is 0.174. The molecule has 0 aliphatic carbocycles. The molecule has 3 amide bonds. The number of aromatic nitrogens is 2. The van der Waals surface area contributed by atoms with Crippen LogP contribution in [0.25, 0.3) is 0 Å². The molecule has 8 nitrogen and oxygen atoms in total. The minimum absolute atomic E-state index is 0.236. The van der Waals surface area contributed by atoms with Crippen LogP contribution >= 0.6 is 0 Å². The lowest BCUT2D eigenvalue weighted by Crippen LogP contribution is -2.45. The predicted molar refractivity (Wildman–Crippen MR) is 113 cm³/mol. The number of nitrogens with one attached hydrogen (secondary N) is 1. The number of imidazole rings is 1. The predicted octanol–water partition coefficient (Wildman–Crippen LogP) is 2.58. The van der Waals surface area contributed by atoms with Gasteiger partial charge < -0.3 is 9.88 Å². The van der Waals surface area contributed by atoms with E-state index in [0.29, 0.717) is 28.2 Å². The van der Waals surface area contributed by atoms with Gasteiger partial charge in [-0.25, -0.2) is 4.98 Å². The lowest BCUT2D eigenvalue weighted by atomic mass is 10.1. The van der Waals surface area contributed by atoms with Crippen LogP contribution in [0.4, 0.5) is 5.69 Å². The molecular weight excluding hydrogens is 396 g/mol. The van der Waals surface area contributed by atoms with Crippen LogP contribution in [-0.4, -0.2) is 44.0 Å². The van der Waals surface area contributed by atoms with Gasteiger partial charge in [-0.05, 0) is 50.2 Å². The summed E-state index contributed by atoms with van der Waals surface area (Å²) in [7, 11) is 1.73. The Balaban J connectivity index is 1.47. The first-order chi connectivity index (χ1) is 14.8. The zero-order valence-electron chi connectivity index (χ0n) is 17.2. The summed E-state index contributed by atoms with van der Waals surface area (Å²) in [6, 6.07) is 10.4. The number of rotatable bonds is 5. The Morgan fingerprint density at radius 3 is 2.32 bits per heavy atom. The highest BCUT2D eigenvalue weighted by Crippen LogP contribution is 2.26. The van der Waals surface area contributed by atoms with Crippen molar-refractivity contribution in [3.05, 3.63) is 82.9 Å². The number of nitrogens with zero attached hydrogens (tertiary/aromatic N) is 3. The quantitative estimate of drug-likeness (QED) is 0.509. The highest BCUT2D eigenvalue weighted by molar-refractivity contribution is 6.23. The van der Waals surface area contributed by atoms with Crippen LogP contribution in [0, 0.1) is 6.92 Å². The van der Waals surface area contributed by atoms with E-state index >= 15 is 0 Å². The molecule has 0 fully saturated rings. The van der Waals surface area contributed by atoms with Crippen molar-refractivity contribution in [3.8, 4) is 0 Å². The molecule has 1 aliphatic rings. The third-order valence-electron chi connectivity index (χ3n) is 5.28. The Kier molecular flexibility index (Phi) is 4.98. The Labute approximate surface area is 178 Å². The maximum Gasteiger partial charge on any atom is 0.262 e. The monoisotopic (exact) mass is 416 g/mol. The highest BCUT2D eigenvalue weighted by atomic mass is 16.2. The topological polar surface area (TPSA) is 101 Å². The fourth-order valence-electron chi connectivity index (χ4n) is 3.51. The summed E-state index contributed by atoms with van der Waals surface area (Å²) in [4.78, 5) is 55.6. The van der Waals surface area contributed by atoms with E-state index in [9.17, 15) is 19.2 Å². The summed E-state index contributed by atoms with van der Waals surface area (Å²) in [5, 5.41) is 2.69. The van der Waals surface area contributed by atoms with Gasteiger partial charge in [-0.3, -0.25) is 24.1 Å². The van der Waals surface area contributed by atoms with Gasteiger partial charge in [0.05, 0.1) is 11.1 Å². The molecule has 3 aromatic rings. The zero-order valence-corrected chi connectivity index (χ0v) is 17.2. The van der Waals surface area contributed by atoms with Crippen molar-refractivity contribution in [3.63, 3.8) is 0 Å². The summed E-state index contributed by atoms with van der Waals surface area (Å²) in [5.41, 5.74) is 2.34. The van der Waals surface area contributed by atoms with Gasteiger partial charge in [0.25, 0.3) is 11.8 Å². The van der Waals surface area contributed by atoms with E-state index < -0.39 is 23.8 Å². The number of aryl methyl sites for hydroxylation is 2. The second-order valence-electron chi connectivity index (χ2n) is 7.46. The smallest absolute Gasteiger partial charge is 0.262 e. The first-order valence-electron chi connectivity index (χ1n) is 9.69. The number of carbonyl (C=O) groups excluding carboxylic acids is 4. The summed E-state index contributed by atoms with van der Waals surface area (Å²) in [6.45, 7) is 3.34. The van der Waals surface area contributed by atoms with E-state index in [-0.39, 0.29) is 5.78 Å². The third kappa shape index (κ3) is 3.52. The maximum atomic E-state index is 12.7. The molecule has 2 heterocycles. The van der Waals surface area contributed by atoms with Crippen molar-refractivity contribution >= 4 is 29.2 Å². The van der Waals surface area contributed by atoms with Gasteiger partial charge in [-0.2, -0.15) is 0 Å². The average Bonchev–Trinajstić information content (AvgIpc) is 3.28. The van der Waals surface area contributed by atoms with Crippen LogP contribution in [0.15, 0.2) is 54.9 Å². The number of carbonyl (C=O) groups is 4. The Bertz CT molecular complexity index is 1230. The van der Waals surface area contributed by atoms with Gasteiger partial charge in [-0.15, -0.1) is 0 Å². The number of anilines is 1. The second-order valence-corrected chi connectivity index (χ2v) is 7.46. The van der Waals surface area contributed by atoms with Gasteiger partial charge in [-0.1, -0.05) is 11.6 Å². The first kappa shape index (κ1) is 20.2. The largest absolute Gasteiger partial charge is 0.331 e. The van der Waals surface area contributed by atoms with E-state index in [1.165, 1.54) is 6.92 Å². The van der Waals surface area contributed by atoms with Gasteiger partial charge in [0.1, 0.15) is 6.04 Å². The summed E-state index contributed by atoms with van der Waals surface area (Å²) >= 11 is 0. The van der Waals surface area contributed by atoms with Crippen LogP contribution in [-0.2, 0) is 11.8 Å². The molecule has 1 atom stereocenters. The van der Waals surface area contributed by atoms with Crippen LogP contribution in [0.5, 0.6) is 0 Å². The molecule has 0 spiro atoms. The minimum atomic E-state index is -0.999. The first-order valence-corrected chi connectivity index (χ1v) is 9.69. The Morgan fingerprint density at radius 1 is 1.00 bits per heavy atom. The number of benzene rings is 2. The van der Waals surface area contributed by atoms with E-state index in [1.807, 2.05) is 6.92 Å². The molecule has 1 aliphatic heterocycles. The molecule has 1 N–H and O–H groups in total. The van der Waals surface area contributed by atoms with E-state index in [0.717, 1.165) is 10.5 Å². The molecule has 0 saturated heterocycles. The summed E-state index contributed by atoms with van der Waals surface area (Å²) in [5.74, 6) is -1.40. The van der Waals surface area contributed by atoms with Crippen molar-refractivity contribution in [2.24, 2.45) is 7.05 Å². The summed E-state index contributed by atoms with van der Waals surface area (Å²) < 4.78 is 1.63. The number of hydrogen-bond donors (Lipinski definition) is 1. The SMILES string of the molecule is Cc1ccc2c(c1)C(=O)N([C@@H](C)C(=O)Nc1ccc(C(=O)c3nccn3C)cc1)C2=O. The molecule has 0 unspecified atom stereocenters. The van der Waals surface area contributed by atoms with Gasteiger partial charge in [0.15, 0.2) is 5.82 Å². The molecular formula is C23H20N4O4. The summed E-state index contributed by atoms with van der Waals surface area (Å²) in [6.07, 6.45) is 3.23. The Morgan fingerprint density at radius 2 is 1.68 bits per heavy atom. The normalized spacial score (nSPS) is 13.8. The molecule has 4 rings (SSSR count). The molecule has 8 heteroatoms. The number of fused-ring (bicyclic) bond motifs is 1. The van der Waals surface area contributed by atoms with Crippen molar-refractivity contribution in [2.45, 2.75) is 19.9 Å². The van der Waals surface area contributed by atoms with Crippen molar-refractivity contribution in [2.75, 3.05) is 5.32 Å². The second kappa shape index (κ2) is 7.64.